The highest BCUT2D eigenvalue weighted by molar-refractivity contribution is 9.10. The van der Waals surface area contributed by atoms with Crippen LogP contribution < -0.4 is 5.32 Å². The number of likely N-dealkylation sites (tertiary alicyclic amines) is 1. The molecular weight excluding hydrogens is 302 g/mol. The summed E-state index contributed by atoms with van der Waals surface area (Å²) in [6, 6.07) is 4.05. The van der Waals surface area contributed by atoms with Crippen molar-refractivity contribution in [3.8, 4) is 0 Å². The number of anilines is 1. The predicted molar refractivity (Wildman–Crippen MR) is 84.4 cm³/mol. The summed E-state index contributed by atoms with van der Waals surface area (Å²) < 4.78 is 1.02. The number of piperidine rings is 1. The summed E-state index contributed by atoms with van der Waals surface area (Å²) in [6.07, 6.45) is 4.45. The van der Waals surface area contributed by atoms with Crippen LogP contribution in [0.3, 0.4) is 0 Å². The molecule has 106 valence electrons. The van der Waals surface area contributed by atoms with Gasteiger partial charge in [0.25, 0.3) is 0 Å². The molecule has 0 atom stereocenters. The fraction of sp³-hybridized carbons (Fsp3) is 0.667. The number of nitrogens with zero attached hydrogens (tertiary/aromatic N) is 2. The maximum absolute atomic E-state index is 4.37. The molecule has 1 N–H and O–H groups in total. The zero-order valence-corrected chi connectivity index (χ0v) is 13.7. The third kappa shape index (κ3) is 4.18. The van der Waals surface area contributed by atoms with Gasteiger partial charge in [0.1, 0.15) is 5.82 Å². The van der Waals surface area contributed by atoms with Gasteiger partial charge in [0, 0.05) is 17.2 Å². The van der Waals surface area contributed by atoms with Crippen LogP contribution in [-0.2, 0) is 0 Å². The molecule has 4 heteroatoms. The van der Waals surface area contributed by atoms with E-state index in [9.17, 15) is 0 Å². The van der Waals surface area contributed by atoms with Crippen LogP contribution >= 0.6 is 15.9 Å². The fourth-order valence-electron chi connectivity index (χ4n) is 2.73. The second kappa shape index (κ2) is 6.23. The third-order valence-corrected chi connectivity index (χ3v) is 4.75. The molecule has 1 aliphatic heterocycles. The molecule has 0 bridgehead atoms. The lowest BCUT2D eigenvalue weighted by Gasteiger charge is -2.39. The topological polar surface area (TPSA) is 28.2 Å². The molecule has 1 aliphatic rings. The van der Waals surface area contributed by atoms with Gasteiger partial charge in [-0.05, 0) is 72.4 Å². The number of rotatable bonds is 4. The highest BCUT2D eigenvalue weighted by Gasteiger charge is 2.31. The van der Waals surface area contributed by atoms with E-state index in [4.69, 9.17) is 0 Å². The summed E-state index contributed by atoms with van der Waals surface area (Å²) in [5.41, 5.74) is 0.315. The molecular formula is C15H24BrN3. The van der Waals surface area contributed by atoms with Gasteiger partial charge in [-0.2, -0.15) is 0 Å². The van der Waals surface area contributed by atoms with Crippen molar-refractivity contribution in [1.29, 1.82) is 0 Å². The van der Waals surface area contributed by atoms with E-state index in [1.807, 2.05) is 18.3 Å². The Morgan fingerprint density at radius 1 is 1.37 bits per heavy atom. The van der Waals surface area contributed by atoms with Crippen LogP contribution in [0.2, 0.25) is 0 Å². The Bertz CT molecular complexity index is 394. The first-order valence-electron chi connectivity index (χ1n) is 7.01. The molecule has 2 rings (SSSR count). The molecule has 0 unspecified atom stereocenters. The van der Waals surface area contributed by atoms with Crippen molar-refractivity contribution in [3.05, 3.63) is 22.8 Å². The third-order valence-electron chi connectivity index (χ3n) is 4.28. The van der Waals surface area contributed by atoms with E-state index < -0.39 is 0 Å². The number of pyridine rings is 1. The largest absolute Gasteiger partial charge is 0.370 e. The molecule has 1 aromatic rings. The van der Waals surface area contributed by atoms with Gasteiger partial charge in [-0.1, -0.05) is 13.8 Å². The maximum Gasteiger partial charge on any atom is 0.125 e. The average molecular weight is 326 g/mol. The van der Waals surface area contributed by atoms with Crippen molar-refractivity contribution in [2.45, 2.75) is 26.7 Å². The van der Waals surface area contributed by atoms with Gasteiger partial charge in [0.15, 0.2) is 0 Å². The minimum atomic E-state index is 0.315. The average Bonchev–Trinajstić information content (AvgIpc) is 2.39. The molecule has 0 saturated carbocycles. The first-order chi connectivity index (χ1) is 8.97. The maximum atomic E-state index is 4.37. The number of nitrogens with one attached hydrogen (secondary N) is 1. The summed E-state index contributed by atoms with van der Waals surface area (Å²) in [5, 5.41) is 3.48. The summed E-state index contributed by atoms with van der Waals surface area (Å²) in [4.78, 5) is 6.80. The molecule has 0 aromatic carbocycles. The summed E-state index contributed by atoms with van der Waals surface area (Å²) in [7, 11) is 2.22. The van der Waals surface area contributed by atoms with Gasteiger partial charge >= 0.3 is 0 Å². The molecule has 19 heavy (non-hydrogen) atoms. The summed E-state index contributed by atoms with van der Waals surface area (Å²) in [6.45, 7) is 8.18. The molecule has 2 heterocycles. The van der Waals surface area contributed by atoms with Crippen molar-refractivity contribution < 1.29 is 0 Å². The SMILES string of the molecule is CN1CCC(C(C)(C)CNc2ccc(Br)cn2)CC1. The van der Waals surface area contributed by atoms with Crippen molar-refractivity contribution in [2.24, 2.45) is 11.3 Å². The Morgan fingerprint density at radius 2 is 2.05 bits per heavy atom. The standard InChI is InChI=1S/C15H24BrN3/c1-15(2,12-6-8-19(3)9-7-12)11-18-14-5-4-13(16)10-17-14/h4-5,10,12H,6-9,11H2,1-3H3,(H,17,18). The van der Waals surface area contributed by atoms with Crippen molar-refractivity contribution in [2.75, 3.05) is 32.0 Å². The second-order valence-corrected chi connectivity index (χ2v) is 7.20. The zero-order chi connectivity index (χ0) is 13.9. The zero-order valence-electron chi connectivity index (χ0n) is 12.1. The van der Waals surface area contributed by atoms with Gasteiger partial charge in [-0.3, -0.25) is 0 Å². The van der Waals surface area contributed by atoms with Crippen LogP contribution in [0.4, 0.5) is 5.82 Å². The van der Waals surface area contributed by atoms with Crippen LogP contribution in [0.15, 0.2) is 22.8 Å². The first-order valence-corrected chi connectivity index (χ1v) is 7.81. The van der Waals surface area contributed by atoms with Crippen molar-refractivity contribution in [3.63, 3.8) is 0 Å². The van der Waals surface area contributed by atoms with Crippen LogP contribution in [0, 0.1) is 11.3 Å². The second-order valence-electron chi connectivity index (χ2n) is 6.28. The highest BCUT2D eigenvalue weighted by Crippen LogP contribution is 2.34. The number of hydrogen-bond acceptors (Lipinski definition) is 3. The Kier molecular flexibility index (Phi) is 4.85. The fourth-order valence-corrected chi connectivity index (χ4v) is 2.97. The van der Waals surface area contributed by atoms with Crippen LogP contribution in [0.5, 0.6) is 0 Å². The molecule has 0 spiro atoms. The lowest BCUT2D eigenvalue weighted by atomic mass is 9.73. The Morgan fingerprint density at radius 3 is 2.63 bits per heavy atom. The van der Waals surface area contributed by atoms with E-state index in [2.05, 4.69) is 52.0 Å². The van der Waals surface area contributed by atoms with Gasteiger partial charge < -0.3 is 10.2 Å². The van der Waals surface area contributed by atoms with Crippen LogP contribution in [0.25, 0.3) is 0 Å². The minimum Gasteiger partial charge on any atom is -0.370 e. The smallest absolute Gasteiger partial charge is 0.125 e. The van der Waals surface area contributed by atoms with Gasteiger partial charge in [0.2, 0.25) is 0 Å². The van der Waals surface area contributed by atoms with E-state index in [1.165, 1.54) is 25.9 Å². The van der Waals surface area contributed by atoms with Crippen molar-refractivity contribution >= 4 is 21.7 Å². The minimum absolute atomic E-state index is 0.315. The normalized spacial score (nSPS) is 18.5. The number of halogens is 1. The number of aromatic nitrogens is 1. The molecule has 1 saturated heterocycles. The monoisotopic (exact) mass is 325 g/mol. The molecule has 3 nitrogen and oxygen atoms in total. The molecule has 1 fully saturated rings. The van der Waals surface area contributed by atoms with Gasteiger partial charge in [-0.15, -0.1) is 0 Å². The number of hydrogen-bond donors (Lipinski definition) is 1. The quantitative estimate of drug-likeness (QED) is 0.916. The molecule has 0 amide bonds. The lowest BCUT2D eigenvalue weighted by molar-refractivity contribution is 0.124. The Balaban J connectivity index is 1.88. The molecule has 0 aliphatic carbocycles. The molecule has 1 aromatic heterocycles. The summed E-state index contributed by atoms with van der Waals surface area (Å²) >= 11 is 3.41. The van der Waals surface area contributed by atoms with E-state index in [-0.39, 0.29) is 0 Å². The van der Waals surface area contributed by atoms with Crippen LogP contribution in [0.1, 0.15) is 26.7 Å². The summed E-state index contributed by atoms with van der Waals surface area (Å²) in [5.74, 6) is 1.76. The highest BCUT2D eigenvalue weighted by atomic mass is 79.9. The predicted octanol–water partition coefficient (Wildman–Crippen LogP) is 3.62. The van der Waals surface area contributed by atoms with E-state index in [1.54, 1.807) is 0 Å². The molecule has 0 radical (unpaired) electrons. The van der Waals surface area contributed by atoms with Crippen LogP contribution in [-0.4, -0.2) is 36.6 Å². The Hall–Kier alpha value is -0.610. The van der Waals surface area contributed by atoms with E-state index >= 15 is 0 Å². The van der Waals surface area contributed by atoms with Crippen molar-refractivity contribution in [1.82, 2.24) is 9.88 Å². The Labute approximate surface area is 124 Å². The lowest BCUT2D eigenvalue weighted by Crippen LogP contribution is -2.40. The first kappa shape index (κ1) is 14.8. The van der Waals surface area contributed by atoms with E-state index in [0.29, 0.717) is 5.41 Å². The van der Waals surface area contributed by atoms with Gasteiger partial charge in [0.05, 0.1) is 0 Å². The van der Waals surface area contributed by atoms with Gasteiger partial charge in [-0.25, -0.2) is 4.98 Å². The van der Waals surface area contributed by atoms with E-state index in [0.717, 1.165) is 22.8 Å².